The Bertz CT molecular complexity index is 370. The molecule has 0 aliphatic heterocycles. The van der Waals surface area contributed by atoms with Gasteiger partial charge in [-0.15, -0.1) is 0 Å². The van der Waals surface area contributed by atoms with Crippen LogP contribution in [0.5, 0.6) is 0 Å². The van der Waals surface area contributed by atoms with Gasteiger partial charge < -0.3 is 26.6 Å². The van der Waals surface area contributed by atoms with Gasteiger partial charge in [0.15, 0.2) is 0 Å². The second-order valence-electron chi connectivity index (χ2n) is 5.07. The minimum atomic E-state index is -1.15. The lowest BCUT2D eigenvalue weighted by Crippen LogP contribution is -2.56. The average molecular weight is 289 g/mol. The molecule has 0 fully saturated rings. The first-order chi connectivity index (χ1) is 9.07. The number of carboxylic acids is 1. The number of hydrogen-bond donors (Lipinski definition) is 5. The van der Waals surface area contributed by atoms with Crippen LogP contribution in [-0.4, -0.2) is 52.2 Å². The molecule has 0 rings (SSSR count). The standard InChI is InChI=1S/C12H23N3O5/c1-5(2)9(12(19)20)15-10(17)6(3)14-11(18)8(13)7(4)16/h5-9,16H,13H2,1-4H3,(H,14,18)(H,15,17)(H,19,20)/t6-,7+,8-,9-/m0/s1. The van der Waals surface area contributed by atoms with Crippen molar-refractivity contribution < 1.29 is 24.6 Å². The fourth-order valence-corrected chi connectivity index (χ4v) is 1.39. The summed E-state index contributed by atoms with van der Waals surface area (Å²) in [5.74, 6) is -2.75. The summed E-state index contributed by atoms with van der Waals surface area (Å²) in [4.78, 5) is 34.3. The Labute approximate surface area is 117 Å². The van der Waals surface area contributed by atoms with Gasteiger partial charge in [0.25, 0.3) is 0 Å². The third-order valence-electron chi connectivity index (χ3n) is 2.80. The van der Waals surface area contributed by atoms with Crippen molar-refractivity contribution >= 4 is 17.8 Å². The molecule has 0 unspecified atom stereocenters. The lowest BCUT2D eigenvalue weighted by Gasteiger charge is -2.22. The predicted octanol–water partition coefficient (Wildman–Crippen LogP) is -1.58. The molecule has 0 aromatic carbocycles. The van der Waals surface area contributed by atoms with Crippen LogP contribution < -0.4 is 16.4 Å². The van der Waals surface area contributed by atoms with Crippen LogP contribution in [0.1, 0.15) is 27.7 Å². The van der Waals surface area contributed by atoms with E-state index >= 15 is 0 Å². The van der Waals surface area contributed by atoms with Crippen molar-refractivity contribution in [3.8, 4) is 0 Å². The largest absolute Gasteiger partial charge is 0.480 e. The van der Waals surface area contributed by atoms with Crippen molar-refractivity contribution in [1.82, 2.24) is 10.6 Å². The Morgan fingerprint density at radius 1 is 1.00 bits per heavy atom. The first-order valence-corrected chi connectivity index (χ1v) is 6.35. The molecule has 0 aliphatic carbocycles. The lowest BCUT2D eigenvalue weighted by molar-refractivity contribution is -0.143. The molecular formula is C12H23N3O5. The Hall–Kier alpha value is -1.67. The summed E-state index contributed by atoms with van der Waals surface area (Å²) in [6, 6.07) is -3.13. The van der Waals surface area contributed by atoms with Gasteiger partial charge >= 0.3 is 5.97 Å². The molecule has 8 nitrogen and oxygen atoms in total. The number of aliphatic carboxylic acids is 1. The number of rotatable bonds is 7. The van der Waals surface area contributed by atoms with Crippen molar-refractivity contribution in [3.63, 3.8) is 0 Å². The van der Waals surface area contributed by atoms with Crippen molar-refractivity contribution in [2.24, 2.45) is 11.7 Å². The second-order valence-corrected chi connectivity index (χ2v) is 5.07. The van der Waals surface area contributed by atoms with Crippen molar-refractivity contribution in [2.45, 2.75) is 51.9 Å². The quantitative estimate of drug-likeness (QED) is 0.383. The Kier molecular flexibility index (Phi) is 7.16. The topological polar surface area (TPSA) is 142 Å². The van der Waals surface area contributed by atoms with Gasteiger partial charge in [0.2, 0.25) is 11.8 Å². The molecule has 0 aromatic rings. The van der Waals surface area contributed by atoms with Gasteiger partial charge in [-0.1, -0.05) is 13.8 Å². The Balaban J connectivity index is 4.56. The third kappa shape index (κ3) is 5.54. The molecule has 0 aromatic heterocycles. The predicted molar refractivity (Wildman–Crippen MR) is 71.7 cm³/mol. The van der Waals surface area contributed by atoms with E-state index in [-0.39, 0.29) is 5.92 Å². The maximum atomic E-state index is 11.8. The van der Waals surface area contributed by atoms with Crippen LogP contribution >= 0.6 is 0 Å². The van der Waals surface area contributed by atoms with E-state index in [1.165, 1.54) is 13.8 Å². The Morgan fingerprint density at radius 3 is 1.85 bits per heavy atom. The number of hydrogen-bond acceptors (Lipinski definition) is 5. The summed E-state index contributed by atoms with van der Waals surface area (Å²) in [6.07, 6.45) is -1.05. The summed E-state index contributed by atoms with van der Waals surface area (Å²) < 4.78 is 0. The minimum absolute atomic E-state index is 0.293. The molecule has 2 amide bonds. The zero-order chi connectivity index (χ0) is 16.0. The van der Waals surface area contributed by atoms with E-state index in [0.717, 1.165) is 0 Å². The molecule has 0 spiro atoms. The number of aliphatic hydroxyl groups excluding tert-OH is 1. The zero-order valence-electron chi connectivity index (χ0n) is 12.1. The summed E-state index contributed by atoms with van der Waals surface area (Å²) in [5, 5.41) is 22.8. The summed E-state index contributed by atoms with van der Waals surface area (Å²) in [5.41, 5.74) is 5.42. The number of carbonyl (C=O) groups excluding carboxylic acids is 2. The van der Waals surface area contributed by atoms with Crippen molar-refractivity contribution in [3.05, 3.63) is 0 Å². The van der Waals surface area contributed by atoms with E-state index in [1.807, 2.05) is 0 Å². The second kappa shape index (κ2) is 7.81. The third-order valence-corrected chi connectivity index (χ3v) is 2.80. The maximum absolute atomic E-state index is 11.8. The molecule has 0 radical (unpaired) electrons. The van der Waals surface area contributed by atoms with Crippen LogP contribution in [0, 0.1) is 5.92 Å². The van der Waals surface area contributed by atoms with Gasteiger partial charge in [-0.3, -0.25) is 9.59 Å². The highest BCUT2D eigenvalue weighted by atomic mass is 16.4. The van der Waals surface area contributed by atoms with Gasteiger partial charge in [-0.2, -0.15) is 0 Å². The Morgan fingerprint density at radius 2 is 1.50 bits per heavy atom. The highest BCUT2D eigenvalue weighted by molar-refractivity contribution is 5.91. The highest BCUT2D eigenvalue weighted by Crippen LogP contribution is 2.02. The number of amides is 2. The number of carboxylic acid groups (broad SMARTS) is 1. The van der Waals surface area contributed by atoms with Crippen LogP contribution in [0.15, 0.2) is 0 Å². The number of carbonyl (C=O) groups is 3. The fourth-order valence-electron chi connectivity index (χ4n) is 1.39. The first kappa shape index (κ1) is 18.3. The van der Waals surface area contributed by atoms with Gasteiger partial charge in [0.1, 0.15) is 18.1 Å². The minimum Gasteiger partial charge on any atom is -0.480 e. The lowest BCUT2D eigenvalue weighted by atomic mass is 10.0. The van der Waals surface area contributed by atoms with Crippen LogP contribution in [0.25, 0.3) is 0 Å². The molecule has 116 valence electrons. The van der Waals surface area contributed by atoms with E-state index in [0.29, 0.717) is 0 Å². The average Bonchev–Trinajstić information content (AvgIpc) is 2.33. The van der Waals surface area contributed by atoms with Gasteiger partial charge in [0, 0.05) is 0 Å². The van der Waals surface area contributed by atoms with Gasteiger partial charge in [0.05, 0.1) is 6.10 Å². The summed E-state index contributed by atoms with van der Waals surface area (Å²) in [6.45, 7) is 6.08. The number of nitrogens with two attached hydrogens (primary N) is 1. The van der Waals surface area contributed by atoms with E-state index in [2.05, 4.69) is 10.6 Å². The molecule has 4 atom stereocenters. The fraction of sp³-hybridized carbons (Fsp3) is 0.750. The van der Waals surface area contributed by atoms with Crippen LogP contribution in [0.2, 0.25) is 0 Å². The van der Waals surface area contributed by atoms with Crippen LogP contribution in [0.4, 0.5) is 0 Å². The number of aliphatic hydroxyl groups is 1. The molecule has 0 bridgehead atoms. The van der Waals surface area contributed by atoms with Gasteiger partial charge in [-0.05, 0) is 19.8 Å². The summed E-state index contributed by atoms with van der Waals surface area (Å²) in [7, 11) is 0. The molecule has 8 heteroatoms. The molecule has 0 saturated heterocycles. The van der Waals surface area contributed by atoms with Crippen molar-refractivity contribution in [1.29, 1.82) is 0 Å². The zero-order valence-corrected chi connectivity index (χ0v) is 12.1. The van der Waals surface area contributed by atoms with E-state index in [4.69, 9.17) is 15.9 Å². The molecule has 0 heterocycles. The van der Waals surface area contributed by atoms with E-state index < -0.39 is 42.0 Å². The van der Waals surface area contributed by atoms with E-state index in [9.17, 15) is 14.4 Å². The molecule has 6 N–H and O–H groups in total. The van der Waals surface area contributed by atoms with Crippen LogP contribution in [0.3, 0.4) is 0 Å². The molecular weight excluding hydrogens is 266 g/mol. The maximum Gasteiger partial charge on any atom is 0.326 e. The smallest absolute Gasteiger partial charge is 0.326 e. The molecule has 0 aliphatic rings. The van der Waals surface area contributed by atoms with Gasteiger partial charge in [-0.25, -0.2) is 4.79 Å². The van der Waals surface area contributed by atoms with E-state index in [1.54, 1.807) is 13.8 Å². The summed E-state index contributed by atoms with van der Waals surface area (Å²) >= 11 is 0. The molecule has 0 saturated carbocycles. The van der Waals surface area contributed by atoms with Crippen molar-refractivity contribution in [2.75, 3.05) is 0 Å². The highest BCUT2D eigenvalue weighted by Gasteiger charge is 2.27. The normalized spacial score (nSPS) is 16.9. The monoisotopic (exact) mass is 289 g/mol. The van der Waals surface area contributed by atoms with Crippen LogP contribution in [-0.2, 0) is 14.4 Å². The first-order valence-electron chi connectivity index (χ1n) is 6.35. The number of nitrogens with one attached hydrogen (secondary N) is 2. The SMILES string of the molecule is CC(C)[C@H](NC(=O)[C@H](C)NC(=O)[C@@H](N)[C@@H](C)O)C(=O)O. The molecule has 20 heavy (non-hydrogen) atoms.